The molecule has 0 aliphatic carbocycles. The number of nitrogens with one attached hydrogen (secondary N) is 2. The SMILES string of the molecule is C=C(c1ccccc1)[C@H](NC)C(=O)N(C)[C@H](C(=O)NC)[C@@H](C)CC. The normalized spacial score (nSPS) is 14.4. The zero-order chi connectivity index (χ0) is 18.3. The standard InChI is InChI=1S/C19H29N3O2/c1-7-13(2)17(18(23)21-5)22(6)19(24)16(20-4)14(3)15-11-9-8-10-12-15/h8-13,16-17,20H,3,7H2,1-2,4-6H3,(H,21,23)/t13-,16-,17-/m0/s1. The highest BCUT2D eigenvalue weighted by atomic mass is 16.2. The number of carbonyl (C=O) groups is 2. The van der Waals surface area contributed by atoms with Gasteiger partial charge in [-0.05, 0) is 24.1 Å². The molecule has 1 aromatic rings. The molecule has 0 bridgehead atoms. The molecule has 3 atom stereocenters. The minimum Gasteiger partial charge on any atom is -0.357 e. The van der Waals surface area contributed by atoms with Gasteiger partial charge in [-0.1, -0.05) is 57.2 Å². The van der Waals surface area contributed by atoms with Crippen molar-refractivity contribution in [1.29, 1.82) is 0 Å². The zero-order valence-electron chi connectivity index (χ0n) is 15.3. The molecule has 0 heterocycles. The maximum absolute atomic E-state index is 13.0. The summed E-state index contributed by atoms with van der Waals surface area (Å²) in [5.41, 5.74) is 1.59. The average Bonchev–Trinajstić information content (AvgIpc) is 2.62. The molecule has 0 saturated heterocycles. The Morgan fingerprint density at radius 1 is 1.21 bits per heavy atom. The Morgan fingerprint density at radius 2 is 1.79 bits per heavy atom. The van der Waals surface area contributed by atoms with Crippen LogP contribution >= 0.6 is 0 Å². The molecule has 1 rings (SSSR count). The summed E-state index contributed by atoms with van der Waals surface area (Å²) in [4.78, 5) is 26.8. The van der Waals surface area contributed by atoms with Crippen LogP contribution in [0.1, 0.15) is 25.8 Å². The lowest BCUT2D eigenvalue weighted by Gasteiger charge is -2.34. The summed E-state index contributed by atoms with van der Waals surface area (Å²) in [6, 6.07) is 8.50. The number of benzene rings is 1. The maximum Gasteiger partial charge on any atom is 0.244 e. The first-order valence-corrected chi connectivity index (χ1v) is 8.28. The van der Waals surface area contributed by atoms with Gasteiger partial charge in [-0.2, -0.15) is 0 Å². The lowest BCUT2D eigenvalue weighted by atomic mass is 9.94. The van der Waals surface area contributed by atoms with Crippen molar-refractivity contribution >= 4 is 17.4 Å². The summed E-state index contributed by atoms with van der Waals surface area (Å²) in [7, 11) is 4.99. The van der Waals surface area contributed by atoms with E-state index in [9.17, 15) is 9.59 Å². The first-order valence-electron chi connectivity index (χ1n) is 8.28. The van der Waals surface area contributed by atoms with Crippen LogP contribution in [-0.2, 0) is 9.59 Å². The minimum absolute atomic E-state index is 0.0568. The summed E-state index contributed by atoms with van der Waals surface area (Å²) in [5, 5.41) is 5.69. The molecule has 0 fully saturated rings. The molecular weight excluding hydrogens is 302 g/mol. The second-order valence-corrected chi connectivity index (χ2v) is 6.01. The minimum atomic E-state index is -0.575. The van der Waals surface area contributed by atoms with Crippen molar-refractivity contribution in [2.75, 3.05) is 21.1 Å². The molecule has 132 valence electrons. The molecule has 24 heavy (non-hydrogen) atoms. The predicted molar refractivity (Wildman–Crippen MR) is 98.4 cm³/mol. The van der Waals surface area contributed by atoms with Crippen molar-refractivity contribution in [1.82, 2.24) is 15.5 Å². The maximum atomic E-state index is 13.0. The third kappa shape index (κ3) is 4.45. The van der Waals surface area contributed by atoms with Crippen LogP contribution in [0.5, 0.6) is 0 Å². The quantitative estimate of drug-likeness (QED) is 0.765. The number of hydrogen-bond donors (Lipinski definition) is 2. The molecule has 0 radical (unpaired) electrons. The zero-order valence-corrected chi connectivity index (χ0v) is 15.3. The van der Waals surface area contributed by atoms with Gasteiger partial charge in [-0.15, -0.1) is 0 Å². The third-order valence-corrected chi connectivity index (χ3v) is 4.49. The van der Waals surface area contributed by atoms with E-state index in [4.69, 9.17) is 0 Å². The van der Waals surface area contributed by atoms with Crippen LogP contribution in [0.25, 0.3) is 5.57 Å². The first-order chi connectivity index (χ1) is 11.4. The van der Waals surface area contributed by atoms with Crippen molar-refractivity contribution in [3.05, 3.63) is 42.5 Å². The fourth-order valence-electron chi connectivity index (χ4n) is 2.79. The van der Waals surface area contributed by atoms with E-state index in [2.05, 4.69) is 17.2 Å². The van der Waals surface area contributed by atoms with Crippen LogP contribution in [0.3, 0.4) is 0 Å². The average molecular weight is 331 g/mol. The van der Waals surface area contributed by atoms with Crippen LogP contribution in [0.4, 0.5) is 0 Å². The van der Waals surface area contributed by atoms with E-state index >= 15 is 0 Å². The number of carbonyl (C=O) groups excluding carboxylic acids is 2. The molecule has 2 amide bonds. The molecule has 0 saturated carbocycles. The van der Waals surface area contributed by atoms with Crippen molar-refractivity contribution in [2.45, 2.75) is 32.4 Å². The molecule has 0 spiro atoms. The largest absolute Gasteiger partial charge is 0.357 e. The van der Waals surface area contributed by atoms with Gasteiger partial charge in [0.25, 0.3) is 0 Å². The Morgan fingerprint density at radius 3 is 2.25 bits per heavy atom. The number of hydrogen-bond acceptors (Lipinski definition) is 3. The number of rotatable bonds is 8. The monoisotopic (exact) mass is 331 g/mol. The molecule has 0 aliphatic rings. The van der Waals surface area contributed by atoms with Gasteiger partial charge >= 0.3 is 0 Å². The van der Waals surface area contributed by atoms with Crippen LogP contribution in [0.2, 0.25) is 0 Å². The molecule has 0 unspecified atom stereocenters. The van der Waals surface area contributed by atoms with Crippen LogP contribution in [0, 0.1) is 5.92 Å². The van der Waals surface area contributed by atoms with E-state index in [0.717, 1.165) is 12.0 Å². The number of likely N-dealkylation sites (N-methyl/N-ethyl adjacent to an activating group) is 3. The van der Waals surface area contributed by atoms with Gasteiger partial charge in [0.2, 0.25) is 11.8 Å². The Bertz CT molecular complexity index is 571. The molecule has 5 nitrogen and oxygen atoms in total. The topological polar surface area (TPSA) is 61.4 Å². The van der Waals surface area contributed by atoms with Gasteiger partial charge in [0, 0.05) is 14.1 Å². The van der Waals surface area contributed by atoms with Gasteiger partial charge in [-0.3, -0.25) is 9.59 Å². The van der Waals surface area contributed by atoms with Crippen molar-refractivity contribution in [3.8, 4) is 0 Å². The first kappa shape index (κ1) is 19.9. The molecule has 1 aromatic carbocycles. The smallest absolute Gasteiger partial charge is 0.244 e. The Hall–Kier alpha value is -2.14. The van der Waals surface area contributed by atoms with E-state index in [1.54, 1.807) is 21.1 Å². The fourth-order valence-corrected chi connectivity index (χ4v) is 2.79. The second kappa shape index (κ2) is 9.23. The molecular formula is C19H29N3O2. The lowest BCUT2D eigenvalue weighted by molar-refractivity contribution is -0.141. The Labute approximate surface area is 145 Å². The van der Waals surface area contributed by atoms with Gasteiger partial charge in [0.15, 0.2) is 0 Å². The van der Waals surface area contributed by atoms with Gasteiger partial charge in [0.05, 0.1) is 0 Å². The van der Waals surface area contributed by atoms with E-state index in [0.29, 0.717) is 5.57 Å². The summed E-state index contributed by atoms with van der Waals surface area (Å²) in [6.07, 6.45) is 0.805. The lowest BCUT2D eigenvalue weighted by Crippen LogP contribution is -2.55. The van der Waals surface area contributed by atoms with Crippen molar-refractivity contribution in [2.24, 2.45) is 5.92 Å². The van der Waals surface area contributed by atoms with Gasteiger partial charge in [0.1, 0.15) is 12.1 Å². The van der Waals surface area contributed by atoms with E-state index in [1.165, 1.54) is 4.90 Å². The summed E-state index contributed by atoms with van der Waals surface area (Å²) in [6.45, 7) is 8.07. The predicted octanol–water partition coefficient (Wildman–Crippen LogP) is 1.91. The van der Waals surface area contributed by atoms with Crippen molar-refractivity contribution in [3.63, 3.8) is 0 Å². The highest BCUT2D eigenvalue weighted by Gasteiger charge is 2.34. The van der Waals surface area contributed by atoms with Crippen molar-refractivity contribution < 1.29 is 9.59 Å². The van der Waals surface area contributed by atoms with Gasteiger partial charge in [-0.25, -0.2) is 0 Å². The summed E-state index contributed by atoms with van der Waals surface area (Å²) < 4.78 is 0. The summed E-state index contributed by atoms with van der Waals surface area (Å²) >= 11 is 0. The summed E-state index contributed by atoms with van der Waals surface area (Å²) in [5.74, 6) is -0.262. The van der Waals surface area contributed by atoms with Crippen LogP contribution in [-0.4, -0.2) is 49.9 Å². The van der Waals surface area contributed by atoms with E-state index in [1.807, 2.05) is 44.2 Å². The van der Waals surface area contributed by atoms with E-state index in [-0.39, 0.29) is 17.7 Å². The number of amides is 2. The third-order valence-electron chi connectivity index (χ3n) is 4.49. The molecule has 0 aromatic heterocycles. The number of nitrogens with zero attached hydrogens (tertiary/aromatic N) is 1. The second-order valence-electron chi connectivity index (χ2n) is 6.01. The molecule has 5 heteroatoms. The highest BCUT2D eigenvalue weighted by Crippen LogP contribution is 2.20. The Balaban J connectivity index is 3.06. The van der Waals surface area contributed by atoms with Crippen LogP contribution in [0.15, 0.2) is 36.9 Å². The van der Waals surface area contributed by atoms with Gasteiger partial charge < -0.3 is 15.5 Å². The van der Waals surface area contributed by atoms with Crippen LogP contribution < -0.4 is 10.6 Å². The van der Waals surface area contributed by atoms with E-state index < -0.39 is 12.1 Å². The molecule has 0 aliphatic heterocycles. The molecule has 2 N–H and O–H groups in total. The highest BCUT2D eigenvalue weighted by molar-refractivity contribution is 5.97. The Kier molecular flexibility index (Phi) is 7.65. The fraction of sp³-hybridized carbons (Fsp3) is 0.474.